The van der Waals surface area contributed by atoms with Crippen molar-refractivity contribution in [1.82, 2.24) is 0 Å². The van der Waals surface area contributed by atoms with Gasteiger partial charge in [0, 0.05) is 0 Å². The van der Waals surface area contributed by atoms with Crippen LogP contribution in [0.1, 0.15) is 33.6 Å². The van der Waals surface area contributed by atoms with Gasteiger partial charge in [0.1, 0.15) is 0 Å². The maximum absolute atomic E-state index is 2.54. The van der Waals surface area contributed by atoms with E-state index in [2.05, 4.69) is 39.5 Å². The molecule has 0 amide bonds. The fourth-order valence-corrected chi connectivity index (χ4v) is 7.53. The van der Waals surface area contributed by atoms with Crippen molar-refractivity contribution in [2.24, 2.45) is 40.9 Å². The lowest BCUT2D eigenvalue weighted by Crippen LogP contribution is -2.29. The second kappa shape index (κ2) is 3.46. The van der Waals surface area contributed by atoms with Crippen LogP contribution in [0.2, 0.25) is 0 Å². The molecule has 6 atom stereocenters. The van der Waals surface area contributed by atoms with Gasteiger partial charge in [-0.3, -0.25) is 0 Å². The first-order valence-electron chi connectivity index (χ1n) is 7.42. The zero-order valence-electron chi connectivity index (χ0n) is 12.5. The molecule has 0 radical (unpaired) electrons. The largest absolute Gasteiger partial charge is 0.249 e. The van der Waals surface area contributed by atoms with Crippen LogP contribution in [0.5, 0.6) is 0 Å². The van der Waals surface area contributed by atoms with Crippen LogP contribution in [0.25, 0.3) is 0 Å². The first kappa shape index (κ1) is 12.4. The highest BCUT2D eigenvalue weighted by Crippen LogP contribution is 2.81. The molecule has 17 heavy (non-hydrogen) atoms. The summed E-state index contributed by atoms with van der Waals surface area (Å²) in [6.07, 6.45) is 10.7. The summed E-state index contributed by atoms with van der Waals surface area (Å²) in [5.41, 5.74) is 0.842. The Morgan fingerprint density at radius 2 is 1.82 bits per heavy atom. The minimum atomic E-state index is -0.305. The average Bonchev–Trinajstić information content (AvgIpc) is 2.57. The first-order chi connectivity index (χ1) is 7.76. The van der Waals surface area contributed by atoms with Crippen LogP contribution in [0.3, 0.4) is 0 Å². The van der Waals surface area contributed by atoms with Crippen LogP contribution in [0.4, 0.5) is 0 Å². The molecule has 1 spiro atoms. The molecular weight excluding hydrogens is 224 g/mol. The maximum Gasteiger partial charge on any atom is -0.0204 e. The SMILES string of the molecule is CC(C)C1C2CC3(CC2CS(C)(C)C)C(C)C13. The molecule has 0 aromatic rings. The van der Waals surface area contributed by atoms with Gasteiger partial charge >= 0.3 is 0 Å². The van der Waals surface area contributed by atoms with Gasteiger partial charge in [0.25, 0.3) is 0 Å². The van der Waals surface area contributed by atoms with E-state index in [1.165, 1.54) is 0 Å². The fraction of sp³-hybridized carbons (Fsp3) is 1.00. The summed E-state index contributed by atoms with van der Waals surface area (Å²) in [6, 6.07) is 0. The van der Waals surface area contributed by atoms with Crippen molar-refractivity contribution in [2.45, 2.75) is 33.6 Å². The van der Waals surface area contributed by atoms with E-state index in [-0.39, 0.29) is 10.0 Å². The highest BCUT2D eigenvalue weighted by atomic mass is 32.3. The van der Waals surface area contributed by atoms with Crippen molar-refractivity contribution in [1.29, 1.82) is 0 Å². The summed E-state index contributed by atoms with van der Waals surface area (Å²) in [4.78, 5) is 0. The predicted molar refractivity (Wildman–Crippen MR) is 79.9 cm³/mol. The second-order valence-electron chi connectivity index (χ2n) is 8.46. The van der Waals surface area contributed by atoms with Crippen molar-refractivity contribution >= 4 is 10.0 Å². The van der Waals surface area contributed by atoms with Gasteiger partial charge in [-0.05, 0) is 78.3 Å². The predicted octanol–water partition coefficient (Wildman–Crippen LogP) is 4.24. The Morgan fingerprint density at radius 1 is 1.18 bits per heavy atom. The normalized spacial score (nSPS) is 53.0. The van der Waals surface area contributed by atoms with Crippen LogP contribution in [0.15, 0.2) is 0 Å². The third-order valence-electron chi connectivity index (χ3n) is 6.26. The van der Waals surface area contributed by atoms with Crippen LogP contribution in [-0.4, -0.2) is 24.5 Å². The van der Waals surface area contributed by atoms with Crippen LogP contribution >= 0.6 is 10.0 Å². The number of hydrogen-bond acceptors (Lipinski definition) is 0. The molecule has 100 valence electrons. The third-order valence-corrected chi connectivity index (χ3v) is 7.68. The van der Waals surface area contributed by atoms with E-state index in [0.29, 0.717) is 0 Å². The Hall–Kier alpha value is 0.350. The molecule has 3 rings (SSSR count). The molecule has 0 aliphatic heterocycles. The van der Waals surface area contributed by atoms with E-state index in [1.807, 2.05) is 0 Å². The lowest BCUT2D eigenvalue weighted by molar-refractivity contribution is 0.184. The molecule has 3 saturated carbocycles. The zero-order valence-corrected chi connectivity index (χ0v) is 13.3. The molecule has 3 aliphatic rings. The molecule has 0 aromatic carbocycles. The third kappa shape index (κ3) is 1.64. The summed E-state index contributed by atoms with van der Waals surface area (Å²) >= 11 is 0. The lowest BCUT2D eigenvalue weighted by atomic mass is 9.75. The summed E-state index contributed by atoms with van der Waals surface area (Å²) in [5, 5.41) is 0. The highest BCUT2D eigenvalue weighted by Gasteiger charge is 2.75. The van der Waals surface area contributed by atoms with Gasteiger partial charge in [0.05, 0.1) is 0 Å². The van der Waals surface area contributed by atoms with Gasteiger partial charge in [0.2, 0.25) is 0 Å². The molecular formula is C16H30S. The Kier molecular flexibility index (Phi) is 2.52. The van der Waals surface area contributed by atoms with E-state index in [4.69, 9.17) is 0 Å². The highest BCUT2D eigenvalue weighted by molar-refractivity contribution is 8.32. The lowest BCUT2D eigenvalue weighted by Gasteiger charge is -2.37. The molecule has 6 unspecified atom stereocenters. The number of rotatable bonds is 3. The zero-order chi connectivity index (χ0) is 12.6. The minimum absolute atomic E-state index is 0.305. The minimum Gasteiger partial charge on any atom is -0.249 e. The first-order valence-corrected chi connectivity index (χ1v) is 10.4. The Morgan fingerprint density at radius 3 is 2.29 bits per heavy atom. The standard InChI is InChI=1S/C16H30S/c1-10(2)14-13-8-16(11(3)15(14)16)7-12(13)9-17(4,5)6/h10-15H,7-9H2,1-6H3. The summed E-state index contributed by atoms with van der Waals surface area (Å²) in [7, 11) is -0.305. The Bertz CT molecular complexity index is 327. The van der Waals surface area contributed by atoms with E-state index in [9.17, 15) is 0 Å². The van der Waals surface area contributed by atoms with Crippen LogP contribution in [0, 0.1) is 40.9 Å². The van der Waals surface area contributed by atoms with Gasteiger partial charge in [0.15, 0.2) is 0 Å². The van der Waals surface area contributed by atoms with Crippen molar-refractivity contribution in [3.05, 3.63) is 0 Å². The van der Waals surface area contributed by atoms with Crippen LogP contribution < -0.4 is 0 Å². The molecule has 0 N–H and O–H groups in total. The maximum atomic E-state index is 2.54. The topological polar surface area (TPSA) is 0 Å². The summed E-state index contributed by atoms with van der Waals surface area (Å²) < 4.78 is 0. The van der Waals surface area contributed by atoms with Gasteiger partial charge in [-0.2, -0.15) is 0 Å². The van der Waals surface area contributed by atoms with E-state index in [0.717, 1.165) is 40.9 Å². The molecule has 0 heterocycles. The van der Waals surface area contributed by atoms with Gasteiger partial charge < -0.3 is 0 Å². The average molecular weight is 254 g/mol. The summed E-state index contributed by atoms with van der Waals surface area (Å²) in [6.45, 7) is 7.50. The Balaban J connectivity index is 1.80. The van der Waals surface area contributed by atoms with E-state index >= 15 is 0 Å². The molecule has 3 aliphatic carbocycles. The van der Waals surface area contributed by atoms with E-state index in [1.54, 1.807) is 18.6 Å². The monoisotopic (exact) mass is 254 g/mol. The molecule has 1 heteroatoms. The van der Waals surface area contributed by atoms with Crippen molar-refractivity contribution in [2.75, 3.05) is 24.5 Å². The molecule has 0 nitrogen and oxygen atoms in total. The smallest absolute Gasteiger partial charge is 0.0204 e. The quantitative estimate of drug-likeness (QED) is 0.706. The summed E-state index contributed by atoms with van der Waals surface area (Å²) in [5.74, 6) is 7.91. The second-order valence-corrected chi connectivity index (χ2v) is 13.0. The fourth-order valence-electron chi connectivity index (χ4n) is 5.88. The van der Waals surface area contributed by atoms with Gasteiger partial charge in [-0.25, -0.2) is 10.0 Å². The number of fused-ring (bicyclic) bond motifs is 1. The van der Waals surface area contributed by atoms with Gasteiger partial charge in [-0.1, -0.05) is 20.8 Å². The van der Waals surface area contributed by atoms with Crippen molar-refractivity contribution < 1.29 is 0 Å². The van der Waals surface area contributed by atoms with E-state index < -0.39 is 0 Å². The van der Waals surface area contributed by atoms with Crippen LogP contribution in [-0.2, 0) is 0 Å². The molecule has 0 aromatic heterocycles. The van der Waals surface area contributed by atoms with Gasteiger partial charge in [-0.15, -0.1) is 0 Å². The Labute approximate surface area is 109 Å². The number of hydrogen-bond donors (Lipinski definition) is 0. The molecule has 2 bridgehead atoms. The molecule has 0 saturated heterocycles. The van der Waals surface area contributed by atoms with Crippen molar-refractivity contribution in [3.8, 4) is 0 Å². The van der Waals surface area contributed by atoms with Crippen molar-refractivity contribution in [3.63, 3.8) is 0 Å². The molecule has 3 fully saturated rings.